The number of hydrogen-bond donors (Lipinski definition) is 1. The Hall–Kier alpha value is -1.63. The van der Waals surface area contributed by atoms with Crippen LogP contribution in [-0.4, -0.2) is 53.4 Å². The molecule has 2 heterocycles. The van der Waals surface area contributed by atoms with E-state index < -0.39 is 0 Å². The lowest BCUT2D eigenvalue weighted by atomic mass is 9.97. The monoisotopic (exact) mass is 350 g/mol. The predicted molar refractivity (Wildman–Crippen MR) is 94.1 cm³/mol. The van der Waals surface area contributed by atoms with E-state index in [-0.39, 0.29) is 18.0 Å². The maximum Gasteiger partial charge on any atom is 0.317 e. The lowest BCUT2D eigenvalue weighted by Gasteiger charge is -2.30. The molecule has 0 spiro atoms. The van der Waals surface area contributed by atoms with Crippen molar-refractivity contribution in [2.45, 2.75) is 51.5 Å². The van der Waals surface area contributed by atoms with Gasteiger partial charge in [-0.25, -0.2) is 9.78 Å². The fraction of sp³-hybridized carbons (Fsp3) is 0.706. The number of fused-ring (bicyclic) bond motifs is 1. The standard InChI is InChI=1S/C17H26N4O2S/c1-12-19-13-6-3-7-14(16(13)24-12)20(2)17(23)18-9-5-11-21-10-4-8-15(21)22/h14H,3-11H2,1-2H3,(H,18,23). The molecule has 0 aromatic carbocycles. The van der Waals surface area contributed by atoms with Crippen LogP contribution in [0.25, 0.3) is 0 Å². The minimum absolute atomic E-state index is 0.0355. The molecule has 132 valence electrons. The quantitative estimate of drug-likeness (QED) is 0.830. The van der Waals surface area contributed by atoms with Crippen molar-refractivity contribution >= 4 is 23.3 Å². The Bertz CT molecular complexity index is 616. The van der Waals surface area contributed by atoms with E-state index in [0.29, 0.717) is 13.0 Å². The first kappa shape index (κ1) is 17.2. The number of thiazole rings is 1. The van der Waals surface area contributed by atoms with Crippen LogP contribution in [0.5, 0.6) is 0 Å². The molecule has 1 aromatic rings. The predicted octanol–water partition coefficient (Wildman–Crippen LogP) is 2.48. The zero-order chi connectivity index (χ0) is 17.1. The number of urea groups is 1. The molecule has 0 bridgehead atoms. The van der Waals surface area contributed by atoms with Gasteiger partial charge in [-0.15, -0.1) is 11.3 Å². The van der Waals surface area contributed by atoms with E-state index >= 15 is 0 Å². The van der Waals surface area contributed by atoms with Gasteiger partial charge in [0.15, 0.2) is 0 Å². The molecule has 24 heavy (non-hydrogen) atoms. The van der Waals surface area contributed by atoms with Gasteiger partial charge in [-0.3, -0.25) is 4.79 Å². The number of aryl methyl sites for hydroxylation is 2. The molecule has 1 aromatic heterocycles. The maximum absolute atomic E-state index is 12.4. The van der Waals surface area contributed by atoms with Crippen LogP contribution >= 0.6 is 11.3 Å². The molecule has 1 unspecified atom stereocenters. The number of nitrogens with zero attached hydrogens (tertiary/aromatic N) is 3. The molecule has 1 aliphatic heterocycles. The largest absolute Gasteiger partial charge is 0.343 e. The average Bonchev–Trinajstić information content (AvgIpc) is 3.14. The highest BCUT2D eigenvalue weighted by Crippen LogP contribution is 2.37. The SMILES string of the molecule is Cc1nc2c(s1)C(N(C)C(=O)NCCCN1CCCC1=O)CCC2. The van der Waals surface area contributed by atoms with E-state index in [1.807, 2.05) is 23.8 Å². The van der Waals surface area contributed by atoms with Gasteiger partial charge in [-0.05, 0) is 39.0 Å². The molecule has 3 amide bonds. The van der Waals surface area contributed by atoms with Crippen molar-refractivity contribution in [3.63, 3.8) is 0 Å². The number of aromatic nitrogens is 1. The van der Waals surface area contributed by atoms with Gasteiger partial charge in [-0.1, -0.05) is 0 Å². The van der Waals surface area contributed by atoms with Crippen LogP contribution in [0.15, 0.2) is 0 Å². The summed E-state index contributed by atoms with van der Waals surface area (Å²) in [5, 5.41) is 4.07. The second-order valence-electron chi connectivity index (χ2n) is 6.63. The van der Waals surface area contributed by atoms with Gasteiger partial charge in [0.1, 0.15) is 0 Å². The van der Waals surface area contributed by atoms with Gasteiger partial charge >= 0.3 is 6.03 Å². The highest BCUT2D eigenvalue weighted by Gasteiger charge is 2.29. The Balaban J connectivity index is 1.47. The van der Waals surface area contributed by atoms with Gasteiger partial charge < -0.3 is 15.1 Å². The summed E-state index contributed by atoms with van der Waals surface area (Å²) in [5.41, 5.74) is 1.17. The lowest BCUT2D eigenvalue weighted by molar-refractivity contribution is -0.127. The van der Waals surface area contributed by atoms with Crippen LogP contribution in [0.4, 0.5) is 4.79 Å². The third-order valence-electron chi connectivity index (χ3n) is 4.87. The molecule has 1 N–H and O–H groups in total. The average molecular weight is 350 g/mol. The molecule has 1 fully saturated rings. The van der Waals surface area contributed by atoms with E-state index in [9.17, 15) is 9.59 Å². The summed E-state index contributed by atoms with van der Waals surface area (Å²) in [6.45, 7) is 4.24. The second kappa shape index (κ2) is 7.51. The number of hydrogen-bond acceptors (Lipinski definition) is 4. The Labute approximate surface area is 147 Å². The zero-order valence-corrected chi connectivity index (χ0v) is 15.3. The van der Waals surface area contributed by atoms with Crippen LogP contribution in [0.1, 0.15) is 53.7 Å². The molecule has 7 heteroatoms. The molecule has 6 nitrogen and oxygen atoms in total. The molecule has 1 aliphatic carbocycles. The molecule has 1 atom stereocenters. The molecule has 3 rings (SSSR count). The Kier molecular flexibility index (Phi) is 5.38. The highest BCUT2D eigenvalue weighted by atomic mass is 32.1. The Morgan fingerprint density at radius 3 is 3.00 bits per heavy atom. The van der Waals surface area contributed by atoms with Crippen molar-refractivity contribution in [2.75, 3.05) is 26.7 Å². The molecule has 0 radical (unpaired) electrons. The normalized spacial score (nSPS) is 20.2. The number of carbonyl (C=O) groups excluding carboxylic acids is 2. The maximum atomic E-state index is 12.4. The van der Waals surface area contributed by atoms with Crippen molar-refractivity contribution in [3.05, 3.63) is 15.6 Å². The first-order valence-electron chi connectivity index (χ1n) is 8.81. The summed E-state index contributed by atoms with van der Waals surface area (Å²) in [4.78, 5) is 33.5. The first-order valence-corrected chi connectivity index (χ1v) is 9.62. The summed E-state index contributed by atoms with van der Waals surface area (Å²) >= 11 is 1.71. The Morgan fingerprint density at radius 1 is 1.42 bits per heavy atom. The van der Waals surface area contributed by atoms with E-state index in [0.717, 1.165) is 50.2 Å². The number of likely N-dealkylation sites (tertiary alicyclic amines) is 1. The summed E-state index contributed by atoms with van der Waals surface area (Å²) < 4.78 is 0. The smallest absolute Gasteiger partial charge is 0.317 e. The number of carbonyl (C=O) groups is 2. The summed E-state index contributed by atoms with van der Waals surface area (Å²) in [7, 11) is 1.87. The third kappa shape index (κ3) is 3.71. The van der Waals surface area contributed by atoms with Crippen LogP contribution in [0.2, 0.25) is 0 Å². The number of amides is 3. The zero-order valence-electron chi connectivity index (χ0n) is 14.5. The first-order chi connectivity index (χ1) is 11.6. The van der Waals surface area contributed by atoms with E-state index in [1.54, 1.807) is 11.3 Å². The third-order valence-corrected chi connectivity index (χ3v) is 5.98. The van der Waals surface area contributed by atoms with E-state index in [2.05, 4.69) is 10.3 Å². The van der Waals surface area contributed by atoms with Crippen molar-refractivity contribution in [1.82, 2.24) is 20.1 Å². The van der Waals surface area contributed by atoms with Crippen molar-refractivity contribution in [1.29, 1.82) is 0 Å². The fourth-order valence-corrected chi connectivity index (χ4v) is 4.71. The van der Waals surface area contributed by atoms with Crippen LogP contribution < -0.4 is 5.32 Å². The number of nitrogens with one attached hydrogen (secondary N) is 1. The Morgan fingerprint density at radius 2 is 2.25 bits per heavy atom. The lowest BCUT2D eigenvalue weighted by Crippen LogP contribution is -2.41. The fourth-order valence-electron chi connectivity index (χ4n) is 3.56. The molecular weight excluding hydrogens is 324 g/mol. The van der Waals surface area contributed by atoms with Crippen LogP contribution in [0, 0.1) is 6.92 Å². The second-order valence-corrected chi connectivity index (χ2v) is 7.87. The van der Waals surface area contributed by atoms with Gasteiger partial charge in [0, 0.05) is 33.1 Å². The van der Waals surface area contributed by atoms with Crippen LogP contribution in [0.3, 0.4) is 0 Å². The number of rotatable bonds is 5. The van der Waals surface area contributed by atoms with Gasteiger partial charge in [0.25, 0.3) is 0 Å². The molecule has 1 saturated heterocycles. The topological polar surface area (TPSA) is 65.5 Å². The molecule has 0 saturated carbocycles. The summed E-state index contributed by atoms with van der Waals surface area (Å²) in [6, 6.07) is 0.103. The highest BCUT2D eigenvalue weighted by molar-refractivity contribution is 7.11. The minimum atomic E-state index is -0.0355. The van der Waals surface area contributed by atoms with Crippen molar-refractivity contribution < 1.29 is 9.59 Å². The molecular formula is C17H26N4O2S. The van der Waals surface area contributed by atoms with Gasteiger partial charge in [-0.2, -0.15) is 0 Å². The molecule has 2 aliphatic rings. The summed E-state index contributed by atoms with van der Waals surface area (Å²) in [6.07, 6.45) is 5.55. The van der Waals surface area contributed by atoms with Crippen molar-refractivity contribution in [3.8, 4) is 0 Å². The van der Waals surface area contributed by atoms with Crippen LogP contribution in [-0.2, 0) is 11.2 Å². The van der Waals surface area contributed by atoms with E-state index in [4.69, 9.17) is 0 Å². The van der Waals surface area contributed by atoms with Gasteiger partial charge in [0.2, 0.25) is 5.91 Å². The minimum Gasteiger partial charge on any atom is -0.343 e. The van der Waals surface area contributed by atoms with E-state index in [1.165, 1.54) is 10.6 Å². The summed E-state index contributed by atoms with van der Waals surface area (Å²) in [5.74, 6) is 0.244. The van der Waals surface area contributed by atoms with Gasteiger partial charge in [0.05, 0.1) is 21.6 Å². The van der Waals surface area contributed by atoms with Crippen molar-refractivity contribution in [2.24, 2.45) is 0 Å².